The number of allylic oxidation sites excluding steroid dienone is 4. The van der Waals surface area contributed by atoms with Crippen molar-refractivity contribution in [3.8, 4) is 17.0 Å². The number of benzene rings is 2. The molecule has 0 saturated carbocycles. The summed E-state index contributed by atoms with van der Waals surface area (Å²) in [6.07, 6.45) is 9.29. The summed E-state index contributed by atoms with van der Waals surface area (Å²) in [4.78, 5) is 19.6. The van der Waals surface area contributed by atoms with Crippen molar-refractivity contribution in [1.29, 1.82) is 0 Å². The van der Waals surface area contributed by atoms with Gasteiger partial charge in [0.1, 0.15) is 5.75 Å². The van der Waals surface area contributed by atoms with Gasteiger partial charge in [0, 0.05) is 48.6 Å². The molecule has 4 rings (SSSR count). The first-order valence-corrected chi connectivity index (χ1v) is 11.4. The number of anilines is 2. The van der Waals surface area contributed by atoms with Gasteiger partial charge >= 0.3 is 0 Å². The molecular formula is C26H27N3O2S. The van der Waals surface area contributed by atoms with Crippen molar-refractivity contribution in [2.24, 2.45) is 5.41 Å². The molecule has 0 spiro atoms. The van der Waals surface area contributed by atoms with Crippen molar-refractivity contribution in [3.63, 3.8) is 0 Å². The lowest BCUT2D eigenvalue weighted by Crippen LogP contribution is -2.25. The molecule has 0 atom stereocenters. The van der Waals surface area contributed by atoms with Gasteiger partial charge in [0.05, 0.1) is 12.8 Å². The molecule has 3 aromatic rings. The fourth-order valence-electron chi connectivity index (χ4n) is 3.88. The van der Waals surface area contributed by atoms with Crippen LogP contribution in [0.25, 0.3) is 11.3 Å². The SMILES string of the molecule is COc1cc(CC2(CC(=O)Nc3nc(-c4ccccc4)cs3)C=CC=C2)cc(N(C)C)c1. The van der Waals surface area contributed by atoms with Crippen molar-refractivity contribution in [3.05, 3.63) is 83.8 Å². The Morgan fingerprint density at radius 1 is 1.12 bits per heavy atom. The first-order chi connectivity index (χ1) is 15.5. The van der Waals surface area contributed by atoms with E-state index in [9.17, 15) is 4.79 Å². The molecule has 6 heteroatoms. The maximum Gasteiger partial charge on any atom is 0.227 e. The summed E-state index contributed by atoms with van der Waals surface area (Å²) in [6.45, 7) is 0. The molecule has 1 amide bonds. The van der Waals surface area contributed by atoms with Crippen LogP contribution in [0.4, 0.5) is 10.8 Å². The van der Waals surface area contributed by atoms with Crippen LogP contribution in [0.1, 0.15) is 12.0 Å². The first kappa shape index (κ1) is 21.8. The largest absolute Gasteiger partial charge is 0.497 e. The van der Waals surface area contributed by atoms with Crippen molar-refractivity contribution < 1.29 is 9.53 Å². The van der Waals surface area contributed by atoms with Crippen molar-refractivity contribution in [2.45, 2.75) is 12.8 Å². The fourth-order valence-corrected chi connectivity index (χ4v) is 4.62. The topological polar surface area (TPSA) is 54.5 Å². The summed E-state index contributed by atoms with van der Waals surface area (Å²) >= 11 is 1.44. The van der Waals surface area contributed by atoms with Crippen LogP contribution in [0, 0.1) is 5.41 Å². The lowest BCUT2D eigenvalue weighted by atomic mass is 9.79. The number of rotatable bonds is 8. The van der Waals surface area contributed by atoms with Crippen LogP contribution in [-0.2, 0) is 11.2 Å². The molecule has 1 heterocycles. The van der Waals surface area contributed by atoms with Crippen LogP contribution in [0.15, 0.2) is 78.2 Å². The van der Waals surface area contributed by atoms with Gasteiger partial charge in [-0.3, -0.25) is 4.79 Å². The summed E-state index contributed by atoms with van der Waals surface area (Å²) in [5.41, 5.74) is 3.73. The summed E-state index contributed by atoms with van der Waals surface area (Å²) in [5, 5.41) is 5.57. The standard InChI is InChI=1S/C26H27N3O2S/c1-29(2)21-13-19(14-22(15-21)31-3)16-26(11-7-8-12-26)17-24(30)28-25-27-23(18-32-25)20-9-5-4-6-10-20/h4-15,18H,16-17H2,1-3H3,(H,27,28,30). The zero-order valence-corrected chi connectivity index (χ0v) is 19.4. The number of thiazole rings is 1. The Morgan fingerprint density at radius 2 is 1.88 bits per heavy atom. The van der Waals surface area contributed by atoms with Gasteiger partial charge in [0.15, 0.2) is 5.13 Å². The molecule has 1 N–H and O–H groups in total. The molecule has 5 nitrogen and oxygen atoms in total. The van der Waals surface area contributed by atoms with Crippen molar-refractivity contribution in [2.75, 3.05) is 31.4 Å². The molecule has 2 aromatic carbocycles. The highest BCUT2D eigenvalue weighted by atomic mass is 32.1. The molecule has 0 saturated heterocycles. The number of amides is 1. The number of methoxy groups -OCH3 is 1. The Labute approximate surface area is 193 Å². The Morgan fingerprint density at radius 3 is 2.56 bits per heavy atom. The van der Waals surface area contributed by atoms with E-state index < -0.39 is 0 Å². The zero-order chi connectivity index (χ0) is 22.6. The molecule has 1 aliphatic rings. The van der Waals surface area contributed by atoms with E-state index in [1.165, 1.54) is 11.3 Å². The predicted molar refractivity (Wildman–Crippen MR) is 133 cm³/mol. The van der Waals surface area contributed by atoms with E-state index in [4.69, 9.17) is 4.74 Å². The number of carbonyl (C=O) groups excluding carboxylic acids is 1. The number of hydrogen-bond donors (Lipinski definition) is 1. The van der Waals surface area contributed by atoms with Crippen LogP contribution in [0.2, 0.25) is 0 Å². The lowest BCUT2D eigenvalue weighted by Gasteiger charge is -2.26. The molecule has 1 aliphatic carbocycles. The minimum absolute atomic E-state index is 0.0501. The van der Waals surface area contributed by atoms with Crippen LogP contribution >= 0.6 is 11.3 Å². The van der Waals surface area contributed by atoms with E-state index in [1.54, 1.807) is 7.11 Å². The highest BCUT2D eigenvalue weighted by Gasteiger charge is 2.30. The molecule has 0 unspecified atom stereocenters. The highest BCUT2D eigenvalue weighted by Crippen LogP contribution is 2.37. The predicted octanol–water partition coefficient (Wildman–Crippen LogP) is 5.57. The van der Waals surface area contributed by atoms with E-state index in [0.29, 0.717) is 18.0 Å². The molecular weight excluding hydrogens is 418 g/mol. The summed E-state index contributed by atoms with van der Waals surface area (Å²) in [6, 6.07) is 16.2. The van der Waals surface area contributed by atoms with E-state index in [1.807, 2.05) is 74.1 Å². The molecule has 0 fully saturated rings. The van der Waals surface area contributed by atoms with Gasteiger partial charge in [-0.25, -0.2) is 4.98 Å². The van der Waals surface area contributed by atoms with E-state index in [2.05, 4.69) is 33.4 Å². The average Bonchev–Trinajstić information content (AvgIpc) is 3.44. The van der Waals surface area contributed by atoms with Gasteiger partial charge in [-0.15, -0.1) is 11.3 Å². The smallest absolute Gasteiger partial charge is 0.227 e. The van der Waals surface area contributed by atoms with Crippen LogP contribution in [-0.4, -0.2) is 32.1 Å². The molecule has 164 valence electrons. The monoisotopic (exact) mass is 445 g/mol. The number of nitrogens with zero attached hydrogens (tertiary/aromatic N) is 2. The van der Waals surface area contributed by atoms with E-state index in [-0.39, 0.29) is 11.3 Å². The maximum absolute atomic E-state index is 13.0. The normalized spacial score (nSPS) is 13.8. The molecule has 0 aliphatic heterocycles. The Balaban J connectivity index is 1.49. The maximum atomic E-state index is 13.0. The van der Waals surface area contributed by atoms with Crippen LogP contribution < -0.4 is 15.0 Å². The second-order valence-electron chi connectivity index (χ2n) is 8.19. The number of ether oxygens (including phenoxy) is 1. The Bertz CT molecular complexity index is 1140. The molecule has 32 heavy (non-hydrogen) atoms. The van der Waals surface area contributed by atoms with Gasteiger partial charge in [-0.05, 0) is 24.1 Å². The number of carbonyl (C=O) groups is 1. The van der Waals surface area contributed by atoms with Gasteiger partial charge in [-0.2, -0.15) is 0 Å². The summed E-state index contributed by atoms with van der Waals surface area (Å²) in [5.74, 6) is 0.763. The van der Waals surface area contributed by atoms with E-state index in [0.717, 1.165) is 28.3 Å². The van der Waals surface area contributed by atoms with Gasteiger partial charge < -0.3 is 15.0 Å². The van der Waals surface area contributed by atoms with Crippen LogP contribution in [0.5, 0.6) is 5.75 Å². The first-order valence-electron chi connectivity index (χ1n) is 10.5. The minimum Gasteiger partial charge on any atom is -0.497 e. The van der Waals surface area contributed by atoms with Gasteiger partial charge in [0.2, 0.25) is 5.91 Å². The number of hydrogen-bond acceptors (Lipinski definition) is 5. The molecule has 1 aromatic heterocycles. The minimum atomic E-state index is -0.375. The van der Waals surface area contributed by atoms with Crippen molar-refractivity contribution in [1.82, 2.24) is 4.98 Å². The highest BCUT2D eigenvalue weighted by molar-refractivity contribution is 7.14. The van der Waals surface area contributed by atoms with Crippen molar-refractivity contribution >= 4 is 28.1 Å². The van der Waals surface area contributed by atoms with Gasteiger partial charge in [-0.1, -0.05) is 54.6 Å². The second-order valence-corrected chi connectivity index (χ2v) is 9.05. The molecule has 0 bridgehead atoms. The zero-order valence-electron chi connectivity index (χ0n) is 18.5. The Hall–Kier alpha value is -3.38. The summed E-state index contributed by atoms with van der Waals surface area (Å²) in [7, 11) is 5.69. The summed E-state index contributed by atoms with van der Waals surface area (Å²) < 4.78 is 5.49. The quantitative estimate of drug-likeness (QED) is 0.493. The third kappa shape index (κ3) is 5.08. The Kier molecular flexibility index (Phi) is 6.42. The number of aromatic nitrogens is 1. The second kappa shape index (κ2) is 9.40. The number of nitrogens with one attached hydrogen (secondary N) is 1. The molecule has 0 radical (unpaired) electrons. The fraction of sp³-hybridized carbons (Fsp3) is 0.231. The third-order valence-electron chi connectivity index (χ3n) is 5.51. The van der Waals surface area contributed by atoms with E-state index >= 15 is 0 Å². The average molecular weight is 446 g/mol. The van der Waals surface area contributed by atoms with Gasteiger partial charge in [0.25, 0.3) is 0 Å². The third-order valence-corrected chi connectivity index (χ3v) is 6.27. The van der Waals surface area contributed by atoms with Crippen LogP contribution in [0.3, 0.4) is 0 Å². The lowest BCUT2D eigenvalue weighted by molar-refractivity contribution is -0.117.